The second kappa shape index (κ2) is 8.84. The predicted molar refractivity (Wildman–Crippen MR) is 114 cm³/mol. The van der Waals surface area contributed by atoms with Crippen LogP contribution in [0.25, 0.3) is 10.2 Å². The van der Waals surface area contributed by atoms with E-state index in [1.165, 1.54) is 0 Å². The predicted octanol–water partition coefficient (Wildman–Crippen LogP) is 4.44. The molecular weight excluding hydrogens is 372 g/mol. The van der Waals surface area contributed by atoms with Crippen molar-refractivity contribution < 1.29 is 9.59 Å². The number of carbonyl (C=O) groups is 2. The fraction of sp³-hybridized carbons (Fsp3) is 0.286. The lowest BCUT2D eigenvalue weighted by molar-refractivity contribution is 0.0773. The number of anilines is 1. The van der Waals surface area contributed by atoms with Crippen molar-refractivity contribution in [1.82, 2.24) is 14.8 Å². The summed E-state index contributed by atoms with van der Waals surface area (Å²) in [5.74, 6) is -0.0380. The van der Waals surface area contributed by atoms with Crippen LogP contribution in [0.5, 0.6) is 0 Å². The number of rotatable bonds is 6. The van der Waals surface area contributed by atoms with Crippen molar-refractivity contribution in [2.45, 2.75) is 20.4 Å². The number of hydrogen-bond donors (Lipinski definition) is 1. The van der Waals surface area contributed by atoms with E-state index in [2.05, 4.69) is 10.3 Å². The SMILES string of the molecule is CCN(CC)C(=O)c1cccc(NC(=O)N(C)Cc2nc3ccccc3s2)c1. The van der Waals surface area contributed by atoms with Gasteiger partial charge in [0.15, 0.2) is 0 Å². The molecule has 6 nitrogen and oxygen atoms in total. The molecule has 0 saturated carbocycles. The average molecular weight is 397 g/mol. The van der Waals surface area contributed by atoms with Crippen molar-refractivity contribution in [2.75, 3.05) is 25.5 Å². The number of carbonyl (C=O) groups excluding carboxylic acids is 2. The lowest BCUT2D eigenvalue weighted by Crippen LogP contribution is -2.31. The minimum atomic E-state index is -0.244. The number of thiazole rings is 1. The van der Waals surface area contributed by atoms with Crippen LogP contribution in [0.3, 0.4) is 0 Å². The molecule has 1 aromatic heterocycles. The minimum Gasteiger partial charge on any atom is -0.339 e. The third-order valence-corrected chi connectivity index (χ3v) is 5.49. The molecule has 0 atom stereocenters. The summed E-state index contributed by atoms with van der Waals surface area (Å²) in [4.78, 5) is 33.0. The maximum atomic E-state index is 12.6. The third-order valence-electron chi connectivity index (χ3n) is 4.47. The molecule has 7 heteroatoms. The van der Waals surface area contributed by atoms with Gasteiger partial charge in [0.1, 0.15) is 5.01 Å². The van der Waals surface area contributed by atoms with Gasteiger partial charge in [-0.1, -0.05) is 18.2 Å². The molecule has 0 fully saturated rings. The summed E-state index contributed by atoms with van der Waals surface area (Å²) >= 11 is 1.58. The second-order valence-corrected chi connectivity index (χ2v) is 7.53. The fourth-order valence-corrected chi connectivity index (χ4v) is 3.93. The molecular formula is C21H24N4O2S. The molecule has 3 aromatic rings. The van der Waals surface area contributed by atoms with Crippen LogP contribution >= 0.6 is 11.3 Å². The highest BCUT2D eigenvalue weighted by molar-refractivity contribution is 7.18. The fourth-order valence-electron chi connectivity index (χ4n) is 2.90. The Balaban J connectivity index is 1.66. The number of hydrogen-bond acceptors (Lipinski definition) is 4. The van der Waals surface area contributed by atoms with E-state index >= 15 is 0 Å². The number of para-hydroxylation sites is 1. The molecule has 0 spiro atoms. The highest BCUT2D eigenvalue weighted by Crippen LogP contribution is 2.22. The summed E-state index contributed by atoms with van der Waals surface area (Å²) in [6, 6.07) is 14.7. The number of benzene rings is 2. The van der Waals surface area contributed by atoms with Crippen LogP contribution in [0.4, 0.5) is 10.5 Å². The highest BCUT2D eigenvalue weighted by atomic mass is 32.1. The molecule has 0 radical (unpaired) electrons. The molecule has 146 valence electrons. The van der Waals surface area contributed by atoms with Crippen LogP contribution < -0.4 is 5.32 Å². The van der Waals surface area contributed by atoms with Crippen LogP contribution in [0.2, 0.25) is 0 Å². The zero-order valence-corrected chi connectivity index (χ0v) is 17.1. The molecule has 0 aliphatic heterocycles. The van der Waals surface area contributed by atoms with E-state index in [4.69, 9.17) is 0 Å². The average Bonchev–Trinajstić information content (AvgIpc) is 3.11. The summed E-state index contributed by atoms with van der Waals surface area (Å²) in [6.07, 6.45) is 0. The summed E-state index contributed by atoms with van der Waals surface area (Å²) in [5, 5.41) is 3.74. The zero-order chi connectivity index (χ0) is 20.1. The Labute approximate surface area is 168 Å². The smallest absolute Gasteiger partial charge is 0.321 e. The van der Waals surface area contributed by atoms with Gasteiger partial charge in [-0.15, -0.1) is 11.3 Å². The topological polar surface area (TPSA) is 65.5 Å². The molecule has 1 heterocycles. The first-order valence-corrected chi connectivity index (χ1v) is 10.1. The van der Waals surface area contributed by atoms with E-state index in [1.807, 2.05) is 38.1 Å². The maximum absolute atomic E-state index is 12.6. The quantitative estimate of drug-likeness (QED) is 0.670. The largest absolute Gasteiger partial charge is 0.339 e. The number of nitrogens with one attached hydrogen (secondary N) is 1. The van der Waals surface area contributed by atoms with Gasteiger partial charge >= 0.3 is 6.03 Å². The molecule has 0 aliphatic carbocycles. The lowest BCUT2D eigenvalue weighted by atomic mass is 10.1. The van der Waals surface area contributed by atoms with Crippen LogP contribution in [-0.4, -0.2) is 46.9 Å². The molecule has 2 aromatic carbocycles. The van der Waals surface area contributed by atoms with E-state index < -0.39 is 0 Å². The van der Waals surface area contributed by atoms with Gasteiger partial charge in [0, 0.05) is 31.4 Å². The van der Waals surface area contributed by atoms with Crippen molar-refractivity contribution in [1.29, 1.82) is 0 Å². The minimum absolute atomic E-state index is 0.0380. The summed E-state index contributed by atoms with van der Waals surface area (Å²) in [7, 11) is 1.73. The molecule has 1 N–H and O–H groups in total. The van der Waals surface area contributed by atoms with E-state index in [0.717, 1.165) is 15.2 Å². The van der Waals surface area contributed by atoms with E-state index in [-0.39, 0.29) is 11.9 Å². The molecule has 28 heavy (non-hydrogen) atoms. The molecule has 0 aliphatic rings. The number of urea groups is 1. The van der Waals surface area contributed by atoms with Crippen LogP contribution in [0.1, 0.15) is 29.2 Å². The lowest BCUT2D eigenvalue weighted by Gasteiger charge is -2.20. The van der Waals surface area contributed by atoms with Crippen molar-refractivity contribution >= 4 is 39.2 Å². The Hall–Kier alpha value is -2.93. The van der Waals surface area contributed by atoms with Crippen molar-refractivity contribution in [2.24, 2.45) is 0 Å². The van der Waals surface area contributed by atoms with Gasteiger partial charge < -0.3 is 15.1 Å². The molecule has 3 amide bonds. The standard InChI is InChI=1S/C21H24N4O2S/c1-4-25(5-2)20(26)15-9-8-10-16(13-15)22-21(27)24(3)14-19-23-17-11-6-7-12-18(17)28-19/h6-13H,4-5,14H2,1-3H3,(H,22,27). The monoisotopic (exact) mass is 396 g/mol. The van der Waals surface area contributed by atoms with Gasteiger partial charge in [-0.2, -0.15) is 0 Å². The number of aromatic nitrogens is 1. The second-order valence-electron chi connectivity index (χ2n) is 6.42. The van der Waals surface area contributed by atoms with Gasteiger partial charge in [0.05, 0.1) is 16.8 Å². The molecule has 0 bridgehead atoms. The van der Waals surface area contributed by atoms with Crippen LogP contribution in [0, 0.1) is 0 Å². The van der Waals surface area contributed by atoms with Crippen LogP contribution in [-0.2, 0) is 6.54 Å². The van der Waals surface area contributed by atoms with Gasteiger partial charge in [0.25, 0.3) is 5.91 Å². The van der Waals surface area contributed by atoms with Crippen LogP contribution in [0.15, 0.2) is 48.5 Å². The molecule has 0 unspecified atom stereocenters. The van der Waals surface area contributed by atoms with E-state index in [1.54, 1.807) is 52.4 Å². The third kappa shape index (κ3) is 4.48. The van der Waals surface area contributed by atoms with Gasteiger partial charge in [0.2, 0.25) is 0 Å². The number of fused-ring (bicyclic) bond motifs is 1. The Morgan fingerprint density at radius 2 is 1.82 bits per heavy atom. The number of nitrogens with zero attached hydrogens (tertiary/aromatic N) is 3. The first kappa shape index (κ1) is 19.8. The first-order valence-electron chi connectivity index (χ1n) is 9.27. The Bertz CT molecular complexity index is 948. The Morgan fingerprint density at radius 1 is 1.07 bits per heavy atom. The van der Waals surface area contributed by atoms with Crippen molar-refractivity contribution in [3.05, 3.63) is 59.1 Å². The first-order chi connectivity index (χ1) is 13.5. The zero-order valence-electron chi connectivity index (χ0n) is 16.3. The Kier molecular flexibility index (Phi) is 6.26. The summed E-state index contributed by atoms with van der Waals surface area (Å²) < 4.78 is 1.11. The van der Waals surface area contributed by atoms with Gasteiger partial charge in [-0.25, -0.2) is 9.78 Å². The van der Waals surface area contributed by atoms with Crippen molar-refractivity contribution in [3.8, 4) is 0 Å². The van der Waals surface area contributed by atoms with Crippen molar-refractivity contribution in [3.63, 3.8) is 0 Å². The van der Waals surface area contributed by atoms with E-state index in [9.17, 15) is 9.59 Å². The summed E-state index contributed by atoms with van der Waals surface area (Å²) in [5.41, 5.74) is 2.11. The molecule has 0 saturated heterocycles. The van der Waals surface area contributed by atoms with E-state index in [0.29, 0.717) is 30.9 Å². The highest BCUT2D eigenvalue weighted by Gasteiger charge is 2.15. The number of amides is 3. The molecule has 3 rings (SSSR count). The van der Waals surface area contributed by atoms with Gasteiger partial charge in [-0.05, 0) is 44.2 Å². The normalized spacial score (nSPS) is 10.7. The van der Waals surface area contributed by atoms with Gasteiger partial charge in [-0.3, -0.25) is 4.79 Å². The summed E-state index contributed by atoms with van der Waals surface area (Å²) in [6.45, 7) is 5.62. The maximum Gasteiger partial charge on any atom is 0.321 e. The Morgan fingerprint density at radius 3 is 2.54 bits per heavy atom.